The van der Waals surface area contributed by atoms with E-state index in [2.05, 4.69) is 68.5 Å². The summed E-state index contributed by atoms with van der Waals surface area (Å²) in [5.74, 6) is 0.962. The van der Waals surface area contributed by atoms with Gasteiger partial charge in [-0.25, -0.2) is 20.3 Å². The molecule has 2 aromatic heterocycles. The van der Waals surface area contributed by atoms with E-state index in [0.717, 1.165) is 64.7 Å². The van der Waals surface area contributed by atoms with E-state index in [1.807, 2.05) is 0 Å². The number of benzene rings is 1. The predicted octanol–water partition coefficient (Wildman–Crippen LogP) is 3.51. The van der Waals surface area contributed by atoms with Crippen LogP contribution in [0.2, 0.25) is 0 Å². The van der Waals surface area contributed by atoms with Crippen molar-refractivity contribution in [3.8, 4) is 0 Å². The first kappa shape index (κ1) is 25.6. The van der Waals surface area contributed by atoms with Gasteiger partial charge >= 0.3 is 0 Å². The van der Waals surface area contributed by atoms with Crippen LogP contribution in [0.5, 0.6) is 0 Å². The molecule has 2 aliphatic heterocycles. The van der Waals surface area contributed by atoms with Crippen molar-refractivity contribution in [1.29, 1.82) is 0 Å². The summed E-state index contributed by atoms with van der Waals surface area (Å²) in [5.41, 5.74) is 6.94. The van der Waals surface area contributed by atoms with Crippen LogP contribution in [0, 0.1) is 12.8 Å². The van der Waals surface area contributed by atoms with Gasteiger partial charge in [-0.2, -0.15) is 0 Å². The zero-order valence-corrected chi connectivity index (χ0v) is 21.9. The third-order valence-corrected chi connectivity index (χ3v) is 7.73. The van der Waals surface area contributed by atoms with Crippen molar-refractivity contribution in [3.05, 3.63) is 53.5 Å². The van der Waals surface area contributed by atoms with E-state index in [-0.39, 0.29) is 12.2 Å². The number of anilines is 1. The molecule has 9 heteroatoms. The SMILES string of the molecule is Cc1c(CCNCC2CCN(c3ncc(C(=O)NOC4CCCCO4)cn3)CC2)c2ccccc2n1C. The van der Waals surface area contributed by atoms with Crippen LogP contribution in [-0.2, 0) is 23.0 Å². The minimum atomic E-state index is -0.379. The minimum Gasteiger partial charge on any atom is -0.350 e. The number of carbonyl (C=O) groups is 1. The molecule has 37 heavy (non-hydrogen) atoms. The second-order valence-electron chi connectivity index (χ2n) is 10.1. The highest BCUT2D eigenvalue weighted by molar-refractivity contribution is 5.92. The molecule has 0 spiro atoms. The number of nitrogens with one attached hydrogen (secondary N) is 2. The van der Waals surface area contributed by atoms with Crippen molar-refractivity contribution in [3.63, 3.8) is 0 Å². The standard InChI is InChI=1S/C28H38N6O3/c1-20-23(24-7-3-4-8-25(24)33(20)2)10-13-29-17-21-11-14-34(15-12-21)28-30-18-22(19-31-28)27(35)32-37-26-9-5-6-16-36-26/h3-4,7-8,18-19,21,26,29H,5-6,9-17H2,1-2H3,(H,32,35). The molecule has 0 aliphatic carbocycles. The molecule has 2 aliphatic rings. The lowest BCUT2D eigenvalue weighted by molar-refractivity contribution is -0.186. The Hall–Kier alpha value is -3.01. The highest BCUT2D eigenvalue weighted by Crippen LogP contribution is 2.25. The van der Waals surface area contributed by atoms with Crippen molar-refractivity contribution >= 4 is 22.8 Å². The van der Waals surface area contributed by atoms with Gasteiger partial charge in [0.05, 0.1) is 5.56 Å². The van der Waals surface area contributed by atoms with E-state index >= 15 is 0 Å². The second kappa shape index (κ2) is 12.0. The molecule has 198 valence electrons. The van der Waals surface area contributed by atoms with Gasteiger partial charge in [-0.05, 0) is 69.7 Å². The molecule has 4 heterocycles. The number of hydrogen-bond donors (Lipinski definition) is 2. The first-order valence-electron chi connectivity index (χ1n) is 13.5. The number of carbonyl (C=O) groups excluding carboxylic acids is 1. The maximum atomic E-state index is 12.3. The van der Waals surface area contributed by atoms with E-state index in [4.69, 9.17) is 9.57 Å². The summed E-state index contributed by atoms with van der Waals surface area (Å²) in [7, 11) is 2.15. The average molecular weight is 507 g/mol. The number of rotatable bonds is 9. The van der Waals surface area contributed by atoms with Crippen molar-refractivity contribution in [1.82, 2.24) is 25.3 Å². The van der Waals surface area contributed by atoms with Gasteiger partial charge in [0, 0.05) is 62.2 Å². The third-order valence-electron chi connectivity index (χ3n) is 7.73. The van der Waals surface area contributed by atoms with Crippen molar-refractivity contribution < 1.29 is 14.4 Å². The molecule has 0 bridgehead atoms. The fourth-order valence-electron chi connectivity index (χ4n) is 5.36. The van der Waals surface area contributed by atoms with Crippen LogP contribution in [-0.4, -0.2) is 59.5 Å². The number of amides is 1. The van der Waals surface area contributed by atoms with Gasteiger partial charge in [0.1, 0.15) is 0 Å². The maximum Gasteiger partial charge on any atom is 0.278 e. The summed E-state index contributed by atoms with van der Waals surface area (Å²) in [5, 5.41) is 5.06. The lowest BCUT2D eigenvalue weighted by Gasteiger charge is -2.32. The van der Waals surface area contributed by atoms with Crippen molar-refractivity contribution in [2.24, 2.45) is 13.0 Å². The number of nitrogens with zero attached hydrogens (tertiary/aromatic N) is 4. The molecular weight excluding hydrogens is 468 g/mol. The first-order chi connectivity index (χ1) is 18.1. The van der Waals surface area contributed by atoms with Crippen LogP contribution in [0.15, 0.2) is 36.7 Å². The van der Waals surface area contributed by atoms with Gasteiger partial charge in [-0.15, -0.1) is 0 Å². The molecule has 9 nitrogen and oxygen atoms in total. The van der Waals surface area contributed by atoms with Gasteiger partial charge in [-0.3, -0.25) is 4.79 Å². The Morgan fingerprint density at radius 3 is 2.68 bits per heavy atom. The molecule has 0 radical (unpaired) electrons. The molecule has 2 N–H and O–H groups in total. The Morgan fingerprint density at radius 2 is 1.92 bits per heavy atom. The number of fused-ring (bicyclic) bond motifs is 1. The lowest BCUT2D eigenvalue weighted by atomic mass is 9.97. The van der Waals surface area contributed by atoms with E-state index in [0.29, 0.717) is 24.0 Å². The average Bonchev–Trinajstić information content (AvgIpc) is 3.20. The summed E-state index contributed by atoms with van der Waals surface area (Å²) < 4.78 is 7.76. The lowest BCUT2D eigenvalue weighted by Crippen LogP contribution is -2.38. The van der Waals surface area contributed by atoms with Crippen LogP contribution >= 0.6 is 0 Å². The molecular formula is C28H38N6O3. The Bertz CT molecular complexity index is 1180. The summed E-state index contributed by atoms with van der Waals surface area (Å²) in [6, 6.07) is 8.66. The molecule has 5 rings (SSSR count). The van der Waals surface area contributed by atoms with E-state index in [1.165, 1.54) is 22.2 Å². The first-order valence-corrected chi connectivity index (χ1v) is 13.5. The molecule has 1 aromatic carbocycles. The van der Waals surface area contributed by atoms with E-state index in [9.17, 15) is 4.79 Å². The Kier molecular flexibility index (Phi) is 8.33. The zero-order chi connectivity index (χ0) is 25.6. The van der Waals surface area contributed by atoms with Gasteiger partial charge in [-0.1, -0.05) is 18.2 Å². The van der Waals surface area contributed by atoms with Crippen LogP contribution in [0.4, 0.5) is 5.95 Å². The summed E-state index contributed by atoms with van der Waals surface area (Å²) in [6.07, 6.45) is 8.83. The monoisotopic (exact) mass is 506 g/mol. The Labute approximate surface area is 218 Å². The van der Waals surface area contributed by atoms with E-state index < -0.39 is 0 Å². The Balaban J connectivity index is 1.03. The number of para-hydroxylation sites is 1. The number of piperidine rings is 1. The number of aromatic nitrogens is 3. The topological polar surface area (TPSA) is 93.5 Å². The molecule has 2 fully saturated rings. The van der Waals surface area contributed by atoms with Crippen molar-refractivity contribution in [2.45, 2.75) is 51.7 Å². The third kappa shape index (κ3) is 6.11. The van der Waals surface area contributed by atoms with Gasteiger partial charge < -0.3 is 19.5 Å². The van der Waals surface area contributed by atoms with E-state index in [1.54, 1.807) is 12.4 Å². The molecule has 1 atom stereocenters. The van der Waals surface area contributed by atoms with Crippen LogP contribution in [0.1, 0.15) is 53.7 Å². The molecule has 2 saturated heterocycles. The number of hydroxylamine groups is 1. The molecule has 0 saturated carbocycles. The van der Waals surface area contributed by atoms with Gasteiger partial charge in [0.2, 0.25) is 5.95 Å². The fraction of sp³-hybridized carbons (Fsp3) is 0.536. The van der Waals surface area contributed by atoms with Gasteiger partial charge in [0.25, 0.3) is 5.91 Å². The number of aryl methyl sites for hydroxylation is 1. The minimum absolute atomic E-state index is 0.357. The normalized spacial score (nSPS) is 18.9. The molecule has 1 unspecified atom stereocenters. The van der Waals surface area contributed by atoms with Gasteiger partial charge in [0.15, 0.2) is 6.29 Å². The second-order valence-corrected chi connectivity index (χ2v) is 10.1. The molecule has 1 amide bonds. The highest BCUT2D eigenvalue weighted by Gasteiger charge is 2.22. The Morgan fingerprint density at radius 1 is 1.14 bits per heavy atom. The largest absolute Gasteiger partial charge is 0.350 e. The number of ether oxygens (including phenoxy) is 1. The predicted molar refractivity (Wildman–Crippen MR) is 143 cm³/mol. The zero-order valence-electron chi connectivity index (χ0n) is 21.9. The fourth-order valence-corrected chi connectivity index (χ4v) is 5.36. The summed E-state index contributed by atoms with van der Waals surface area (Å²) in [6.45, 7) is 6.73. The highest BCUT2D eigenvalue weighted by atomic mass is 16.8. The summed E-state index contributed by atoms with van der Waals surface area (Å²) in [4.78, 5) is 28.8. The van der Waals surface area contributed by atoms with Crippen LogP contribution in [0.25, 0.3) is 10.9 Å². The quantitative estimate of drug-likeness (QED) is 0.339. The summed E-state index contributed by atoms with van der Waals surface area (Å²) >= 11 is 0. The molecule has 3 aromatic rings. The maximum absolute atomic E-state index is 12.3. The van der Waals surface area contributed by atoms with Crippen LogP contribution in [0.3, 0.4) is 0 Å². The van der Waals surface area contributed by atoms with Crippen molar-refractivity contribution in [2.75, 3.05) is 37.7 Å². The van der Waals surface area contributed by atoms with Crippen LogP contribution < -0.4 is 15.7 Å². The number of hydrogen-bond acceptors (Lipinski definition) is 7. The smallest absolute Gasteiger partial charge is 0.278 e.